The molecule has 3 rings (SSSR count). The molecular formula is C22H25N3. The molecule has 1 heterocycles. The van der Waals surface area contributed by atoms with Gasteiger partial charge in [0.05, 0.1) is 11.6 Å². The third kappa shape index (κ3) is 3.69. The van der Waals surface area contributed by atoms with E-state index in [0.717, 1.165) is 42.7 Å². The molecule has 0 aliphatic carbocycles. The average Bonchev–Trinajstić information content (AvgIpc) is 2.66. The van der Waals surface area contributed by atoms with Gasteiger partial charge in [0.1, 0.15) is 0 Å². The van der Waals surface area contributed by atoms with E-state index in [9.17, 15) is 0 Å². The highest BCUT2D eigenvalue weighted by molar-refractivity contribution is 5.68. The summed E-state index contributed by atoms with van der Waals surface area (Å²) < 4.78 is 0. The lowest BCUT2D eigenvalue weighted by atomic mass is 9.88. The number of likely N-dealkylation sites (tertiary alicyclic amines) is 1. The Labute approximate surface area is 150 Å². The molecule has 2 aromatic carbocycles. The van der Waals surface area contributed by atoms with Crippen LogP contribution in [-0.2, 0) is 0 Å². The normalized spacial score (nSPS) is 15.9. The van der Waals surface area contributed by atoms with Crippen molar-refractivity contribution >= 4 is 11.4 Å². The molecule has 25 heavy (non-hydrogen) atoms. The van der Waals surface area contributed by atoms with Crippen molar-refractivity contribution in [2.24, 2.45) is 0 Å². The summed E-state index contributed by atoms with van der Waals surface area (Å²) in [6.07, 6.45) is 4.45. The molecule has 0 radical (unpaired) electrons. The molecule has 1 fully saturated rings. The molecular weight excluding hydrogens is 306 g/mol. The molecule has 3 heteroatoms. The lowest BCUT2D eigenvalue weighted by Crippen LogP contribution is -2.31. The van der Waals surface area contributed by atoms with Crippen molar-refractivity contribution in [2.45, 2.75) is 32.6 Å². The number of nitriles is 1. The van der Waals surface area contributed by atoms with Gasteiger partial charge >= 0.3 is 0 Å². The monoisotopic (exact) mass is 331 g/mol. The summed E-state index contributed by atoms with van der Waals surface area (Å²) in [5.41, 5.74) is 12.6. The number of piperidine rings is 1. The Balaban J connectivity index is 1.69. The maximum Gasteiger partial charge on any atom is 0.0991 e. The number of nitrogens with two attached hydrogens (primary N) is 1. The zero-order valence-electron chi connectivity index (χ0n) is 15.0. The van der Waals surface area contributed by atoms with Crippen LogP contribution in [0.5, 0.6) is 0 Å². The molecule has 0 bridgehead atoms. The van der Waals surface area contributed by atoms with Gasteiger partial charge in [-0.3, -0.25) is 0 Å². The number of hydrogen-bond donors (Lipinski definition) is 1. The molecule has 0 aromatic heterocycles. The Morgan fingerprint density at radius 3 is 2.40 bits per heavy atom. The molecule has 1 aliphatic rings. The van der Waals surface area contributed by atoms with Gasteiger partial charge in [-0.1, -0.05) is 30.3 Å². The van der Waals surface area contributed by atoms with Crippen LogP contribution in [0, 0.1) is 18.3 Å². The smallest absolute Gasteiger partial charge is 0.0991 e. The van der Waals surface area contributed by atoms with Gasteiger partial charge in [0.2, 0.25) is 0 Å². The van der Waals surface area contributed by atoms with Gasteiger partial charge in [0.15, 0.2) is 0 Å². The Morgan fingerprint density at radius 2 is 1.84 bits per heavy atom. The molecule has 2 aromatic rings. The maximum atomic E-state index is 8.93. The van der Waals surface area contributed by atoms with E-state index in [-0.39, 0.29) is 0 Å². The Bertz CT molecular complexity index is 804. The highest BCUT2D eigenvalue weighted by Crippen LogP contribution is 2.32. The Hall–Kier alpha value is -2.73. The zero-order chi connectivity index (χ0) is 17.8. The molecule has 0 atom stereocenters. The number of rotatable bonds is 3. The van der Waals surface area contributed by atoms with E-state index in [4.69, 9.17) is 11.0 Å². The second-order valence-electron chi connectivity index (χ2n) is 6.74. The van der Waals surface area contributed by atoms with Gasteiger partial charge < -0.3 is 10.6 Å². The topological polar surface area (TPSA) is 53.0 Å². The molecule has 0 unspecified atom stereocenters. The van der Waals surface area contributed by atoms with Gasteiger partial charge in [0.25, 0.3) is 0 Å². The molecule has 0 spiro atoms. The Kier molecular flexibility index (Phi) is 5.09. The molecule has 0 amide bonds. The van der Waals surface area contributed by atoms with Gasteiger partial charge in [-0.15, -0.1) is 0 Å². The summed E-state index contributed by atoms with van der Waals surface area (Å²) in [7, 11) is 0. The number of nitrogen functional groups attached to an aromatic ring is 1. The van der Waals surface area contributed by atoms with Crippen molar-refractivity contribution in [3.63, 3.8) is 0 Å². The maximum absolute atomic E-state index is 8.93. The number of aryl methyl sites for hydroxylation is 1. The van der Waals surface area contributed by atoms with E-state index in [1.165, 1.54) is 16.8 Å². The van der Waals surface area contributed by atoms with Gasteiger partial charge in [-0.05, 0) is 67.5 Å². The summed E-state index contributed by atoms with van der Waals surface area (Å²) in [6, 6.07) is 16.6. The van der Waals surface area contributed by atoms with Gasteiger partial charge in [-0.2, -0.15) is 5.26 Å². The highest BCUT2D eigenvalue weighted by atomic mass is 15.1. The summed E-state index contributed by atoms with van der Waals surface area (Å²) in [6.45, 7) is 6.21. The fourth-order valence-corrected chi connectivity index (χ4v) is 3.62. The predicted octanol–water partition coefficient (Wildman–Crippen LogP) is 4.69. The standard InChI is InChI=1S/C22H25N3/c1-3-22(20-7-4-16(2)21(24)14-20)25-12-10-19(11-13-25)18-8-5-17(15-23)6-9-18/h3-9,14,19H,10-13,24H2,1-2H3/b22-3-. The van der Waals surface area contributed by atoms with Crippen molar-refractivity contribution in [2.75, 3.05) is 18.8 Å². The summed E-state index contributed by atoms with van der Waals surface area (Å²) in [5, 5.41) is 8.93. The van der Waals surface area contributed by atoms with Crippen molar-refractivity contribution in [1.29, 1.82) is 5.26 Å². The van der Waals surface area contributed by atoms with E-state index in [1.54, 1.807) is 0 Å². The third-order valence-corrected chi connectivity index (χ3v) is 5.20. The van der Waals surface area contributed by atoms with E-state index >= 15 is 0 Å². The van der Waals surface area contributed by atoms with Crippen LogP contribution in [-0.4, -0.2) is 18.0 Å². The molecule has 1 saturated heterocycles. The second-order valence-corrected chi connectivity index (χ2v) is 6.74. The van der Waals surface area contributed by atoms with Crippen molar-refractivity contribution in [3.05, 3.63) is 70.8 Å². The third-order valence-electron chi connectivity index (χ3n) is 5.20. The highest BCUT2D eigenvalue weighted by Gasteiger charge is 2.22. The first kappa shape index (κ1) is 17.1. The van der Waals surface area contributed by atoms with Crippen molar-refractivity contribution in [3.8, 4) is 6.07 Å². The first-order valence-corrected chi connectivity index (χ1v) is 8.90. The van der Waals surface area contributed by atoms with Crippen LogP contribution in [0.1, 0.15) is 47.9 Å². The number of allylic oxidation sites excluding steroid dienone is 1. The SMILES string of the molecule is C/C=C(/c1ccc(C)c(N)c1)N1CCC(c2ccc(C#N)cc2)CC1. The minimum Gasteiger partial charge on any atom is -0.398 e. The quantitative estimate of drug-likeness (QED) is 0.830. The lowest BCUT2D eigenvalue weighted by Gasteiger charge is -2.35. The summed E-state index contributed by atoms with van der Waals surface area (Å²) in [5.74, 6) is 0.574. The summed E-state index contributed by atoms with van der Waals surface area (Å²) >= 11 is 0. The molecule has 128 valence electrons. The van der Waals surface area contributed by atoms with E-state index < -0.39 is 0 Å². The zero-order valence-corrected chi connectivity index (χ0v) is 15.0. The Morgan fingerprint density at radius 1 is 1.16 bits per heavy atom. The van der Waals surface area contributed by atoms with Crippen molar-refractivity contribution < 1.29 is 0 Å². The van der Waals surface area contributed by atoms with E-state index in [1.807, 2.05) is 19.1 Å². The van der Waals surface area contributed by atoms with Crippen LogP contribution in [0.15, 0.2) is 48.5 Å². The fourth-order valence-electron chi connectivity index (χ4n) is 3.62. The largest absolute Gasteiger partial charge is 0.398 e. The number of anilines is 1. The first-order chi connectivity index (χ1) is 12.1. The van der Waals surface area contributed by atoms with Crippen molar-refractivity contribution in [1.82, 2.24) is 4.90 Å². The van der Waals surface area contributed by atoms with Crippen LogP contribution in [0.3, 0.4) is 0 Å². The lowest BCUT2D eigenvalue weighted by molar-refractivity contribution is 0.298. The number of nitrogens with zero attached hydrogens (tertiary/aromatic N) is 2. The average molecular weight is 331 g/mol. The molecule has 3 nitrogen and oxygen atoms in total. The first-order valence-electron chi connectivity index (χ1n) is 8.90. The number of benzene rings is 2. The predicted molar refractivity (Wildman–Crippen MR) is 104 cm³/mol. The van der Waals surface area contributed by atoms with Crippen LogP contribution in [0.4, 0.5) is 5.69 Å². The van der Waals surface area contributed by atoms with Crippen LogP contribution in [0.2, 0.25) is 0 Å². The van der Waals surface area contributed by atoms with Gasteiger partial charge in [0, 0.05) is 24.5 Å². The van der Waals surface area contributed by atoms with Gasteiger partial charge in [-0.25, -0.2) is 0 Å². The summed E-state index contributed by atoms with van der Waals surface area (Å²) in [4.78, 5) is 2.46. The van der Waals surface area contributed by atoms with Crippen LogP contribution < -0.4 is 5.73 Å². The molecule has 1 aliphatic heterocycles. The minimum atomic E-state index is 0.574. The van der Waals surface area contributed by atoms with E-state index in [0.29, 0.717) is 5.92 Å². The van der Waals surface area contributed by atoms with E-state index in [2.05, 4.69) is 54.3 Å². The van der Waals surface area contributed by atoms with Crippen LogP contribution in [0.25, 0.3) is 5.70 Å². The molecule has 0 saturated carbocycles. The molecule has 2 N–H and O–H groups in total. The fraction of sp³-hybridized carbons (Fsp3) is 0.318. The second kappa shape index (κ2) is 7.44. The minimum absolute atomic E-state index is 0.574. The number of hydrogen-bond acceptors (Lipinski definition) is 3. The van der Waals surface area contributed by atoms with Crippen LogP contribution >= 0.6 is 0 Å².